The zero-order chi connectivity index (χ0) is 11.3. The zero-order valence-corrected chi connectivity index (χ0v) is 9.62. The van der Waals surface area contributed by atoms with Gasteiger partial charge >= 0.3 is 0 Å². The van der Waals surface area contributed by atoms with Crippen LogP contribution in [-0.2, 0) is 0 Å². The van der Waals surface area contributed by atoms with Gasteiger partial charge in [-0.3, -0.25) is 0 Å². The topological polar surface area (TPSA) is 35.8 Å². The first kappa shape index (κ1) is 11.6. The summed E-state index contributed by atoms with van der Waals surface area (Å²) >= 11 is 0. The molecule has 15 heavy (non-hydrogen) atoms. The third kappa shape index (κ3) is 4.03. The summed E-state index contributed by atoms with van der Waals surface area (Å²) in [5.41, 5.74) is 1.79. The van der Waals surface area contributed by atoms with Gasteiger partial charge in [0.25, 0.3) is 0 Å². The Balaban J connectivity index is 2.54. The molecule has 0 radical (unpaired) electrons. The second-order valence-electron chi connectivity index (χ2n) is 4.36. The molecule has 0 aliphatic heterocycles. The van der Waals surface area contributed by atoms with Gasteiger partial charge in [-0.1, -0.05) is 13.8 Å². The van der Waals surface area contributed by atoms with E-state index < -0.39 is 0 Å². The molecule has 0 spiro atoms. The summed E-state index contributed by atoms with van der Waals surface area (Å²) in [6.07, 6.45) is 1.15. The SMILES string of the molecule is CC(C)CC(C)Nc1ccc(C#N)cc1. The summed E-state index contributed by atoms with van der Waals surface area (Å²) in [5, 5.41) is 12.1. The Morgan fingerprint density at radius 1 is 1.20 bits per heavy atom. The minimum Gasteiger partial charge on any atom is -0.383 e. The van der Waals surface area contributed by atoms with Crippen molar-refractivity contribution in [2.75, 3.05) is 5.32 Å². The van der Waals surface area contributed by atoms with Gasteiger partial charge < -0.3 is 5.32 Å². The molecule has 0 aliphatic rings. The van der Waals surface area contributed by atoms with E-state index in [1.54, 1.807) is 0 Å². The molecule has 0 bridgehead atoms. The molecule has 1 aromatic rings. The number of hydrogen-bond acceptors (Lipinski definition) is 2. The minimum absolute atomic E-state index is 0.470. The Morgan fingerprint density at radius 3 is 2.27 bits per heavy atom. The summed E-state index contributed by atoms with van der Waals surface area (Å²) in [6.45, 7) is 6.62. The molecule has 2 heteroatoms. The van der Waals surface area contributed by atoms with E-state index in [2.05, 4.69) is 32.2 Å². The average molecular weight is 202 g/mol. The van der Waals surface area contributed by atoms with Crippen molar-refractivity contribution in [3.05, 3.63) is 29.8 Å². The van der Waals surface area contributed by atoms with Gasteiger partial charge in [0, 0.05) is 11.7 Å². The van der Waals surface area contributed by atoms with Gasteiger partial charge in [0.05, 0.1) is 11.6 Å². The van der Waals surface area contributed by atoms with Gasteiger partial charge in [0.1, 0.15) is 0 Å². The van der Waals surface area contributed by atoms with Crippen molar-refractivity contribution >= 4 is 5.69 Å². The van der Waals surface area contributed by atoms with Crippen molar-refractivity contribution in [3.8, 4) is 6.07 Å². The van der Waals surface area contributed by atoms with E-state index >= 15 is 0 Å². The lowest BCUT2D eigenvalue weighted by Gasteiger charge is -2.17. The van der Waals surface area contributed by atoms with E-state index in [1.807, 2.05) is 24.3 Å². The maximum atomic E-state index is 8.66. The Morgan fingerprint density at radius 2 is 1.80 bits per heavy atom. The molecule has 0 saturated carbocycles. The van der Waals surface area contributed by atoms with E-state index in [0.29, 0.717) is 17.5 Å². The van der Waals surface area contributed by atoms with Crippen molar-refractivity contribution in [3.63, 3.8) is 0 Å². The highest BCUT2D eigenvalue weighted by molar-refractivity contribution is 5.47. The van der Waals surface area contributed by atoms with Crippen molar-refractivity contribution in [1.82, 2.24) is 0 Å². The fourth-order valence-corrected chi connectivity index (χ4v) is 1.69. The van der Waals surface area contributed by atoms with Gasteiger partial charge in [-0.15, -0.1) is 0 Å². The van der Waals surface area contributed by atoms with E-state index in [9.17, 15) is 0 Å². The number of benzene rings is 1. The molecule has 0 fully saturated rings. The summed E-state index contributed by atoms with van der Waals surface area (Å²) < 4.78 is 0. The van der Waals surface area contributed by atoms with Crippen LogP contribution in [0.5, 0.6) is 0 Å². The predicted molar refractivity (Wildman–Crippen MR) is 63.7 cm³/mol. The number of hydrogen-bond donors (Lipinski definition) is 1. The molecule has 1 N–H and O–H groups in total. The summed E-state index contributed by atoms with van der Waals surface area (Å²) in [4.78, 5) is 0. The predicted octanol–water partition coefficient (Wildman–Crippen LogP) is 3.40. The summed E-state index contributed by atoms with van der Waals surface area (Å²) in [5.74, 6) is 0.700. The van der Waals surface area contributed by atoms with Gasteiger partial charge in [0.15, 0.2) is 0 Å². The lowest BCUT2D eigenvalue weighted by atomic mass is 10.0. The minimum atomic E-state index is 0.470. The number of anilines is 1. The zero-order valence-electron chi connectivity index (χ0n) is 9.62. The van der Waals surface area contributed by atoms with Crippen molar-refractivity contribution in [2.45, 2.75) is 33.2 Å². The number of nitrogens with one attached hydrogen (secondary N) is 1. The summed E-state index contributed by atoms with van der Waals surface area (Å²) in [6, 6.07) is 10.2. The molecule has 1 atom stereocenters. The molecule has 0 aromatic heterocycles. The van der Waals surface area contributed by atoms with Gasteiger partial charge in [-0.05, 0) is 43.5 Å². The van der Waals surface area contributed by atoms with Crippen LogP contribution in [0.2, 0.25) is 0 Å². The van der Waals surface area contributed by atoms with Crippen LogP contribution in [0.25, 0.3) is 0 Å². The van der Waals surface area contributed by atoms with Crippen molar-refractivity contribution in [1.29, 1.82) is 5.26 Å². The maximum absolute atomic E-state index is 8.66. The molecule has 0 saturated heterocycles. The molecule has 1 aromatic carbocycles. The number of rotatable bonds is 4. The van der Waals surface area contributed by atoms with E-state index in [4.69, 9.17) is 5.26 Å². The van der Waals surface area contributed by atoms with Gasteiger partial charge in [-0.2, -0.15) is 5.26 Å². The monoisotopic (exact) mass is 202 g/mol. The largest absolute Gasteiger partial charge is 0.383 e. The molecule has 1 rings (SSSR count). The smallest absolute Gasteiger partial charge is 0.0991 e. The molecule has 2 nitrogen and oxygen atoms in total. The van der Waals surface area contributed by atoms with Crippen LogP contribution in [0, 0.1) is 17.2 Å². The Bertz CT molecular complexity index is 333. The van der Waals surface area contributed by atoms with Gasteiger partial charge in [0.2, 0.25) is 0 Å². The highest BCUT2D eigenvalue weighted by atomic mass is 14.9. The molecule has 80 valence electrons. The number of nitrogens with zero attached hydrogens (tertiary/aromatic N) is 1. The first-order valence-electron chi connectivity index (χ1n) is 5.38. The van der Waals surface area contributed by atoms with Gasteiger partial charge in [-0.25, -0.2) is 0 Å². The fourth-order valence-electron chi connectivity index (χ4n) is 1.69. The lowest BCUT2D eigenvalue weighted by Crippen LogP contribution is -2.17. The maximum Gasteiger partial charge on any atom is 0.0991 e. The van der Waals surface area contributed by atoms with Crippen molar-refractivity contribution in [2.24, 2.45) is 5.92 Å². The average Bonchev–Trinajstić information content (AvgIpc) is 2.17. The lowest BCUT2D eigenvalue weighted by molar-refractivity contribution is 0.540. The normalized spacial score (nSPS) is 12.2. The highest BCUT2D eigenvalue weighted by Gasteiger charge is 2.04. The van der Waals surface area contributed by atoms with Crippen LogP contribution in [0.3, 0.4) is 0 Å². The standard InChI is InChI=1S/C13H18N2/c1-10(2)8-11(3)15-13-6-4-12(9-14)5-7-13/h4-7,10-11,15H,8H2,1-3H3. The van der Waals surface area contributed by atoms with Crippen molar-refractivity contribution < 1.29 is 0 Å². The van der Waals surface area contributed by atoms with E-state index in [1.165, 1.54) is 0 Å². The van der Waals surface area contributed by atoms with E-state index in [0.717, 1.165) is 12.1 Å². The van der Waals surface area contributed by atoms with Crippen LogP contribution in [-0.4, -0.2) is 6.04 Å². The number of nitriles is 1. The van der Waals surface area contributed by atoms with Crippen LogP contribution in [0.15, 0.2) is 24.3 Å². The molecular weight excluding hydrogens is 184 g/mol. The Hall–Kier alpha value is -1.49. The quantitative estimate of drug-likeness (QED) is 0.812. The van der Waals surface area contributed by atoms with Crippen LogP contribution in [0.1, 0.15) is 32.8 Å². The third-order valence-corrected chi connectivity index (χ3v) is 2.25. The molecule has 0 amide bonds. The van der Waals surface area contributed by atoms with Crippen LogP contribution >= 0.6 is 0 Å². The third-order valence-electron chi connectivity index (χ3n) is 2.25. The first-order chi connectivity index (χ1) is 7.11. The fraction of sp³-hybridized carbons (Fsp3) is 0.462. The first-order valence-corrected chi connectivity index (χ1v) is 5.38. The van der Waals surface area contributed by atoms with E-state index in [-0.39, 0.29) is 0 Å². The van der Waals surface area contributed by atoms with Crippen LogP contribution in [0.4, 0.5) is 5.69 Å². The highest BCUT2D eigenvalue weighted by Crippen LogP contribution is 2.13. The Kier molecular flexibility index (Phi) is 4.17. The molecular formula is C13H18N2. The molecule has 0 aliphatic carbocycles. The Labute approximate surface area is 91.9 Å². The second kappa shape index (κ2) is 5.41. The summed E-state index contributed by atoms with van der Waals surface area (Å²) in [7, 11) is 0. The molecule has 1 unspecified atom stereocenters. The second-order valence-corrected chi connectivity index (χ2v) is 4.36. The molecule has 0 heterocycles. The van der Waals surface area contributed by atoms with Crippen LogP contribution < -0.4 is 5.32 Å².